The molecule has 0 saturated carbocycles. The molecule has 174 valence electrons. The fourth-order valence-corrected chi connectivity index (χ4v) is 5.91. The number of anilines is 1. The van der Waals surface area contributed by atoms with Crippen LogP contribution in [-0.4, -0.2) is 40.7 Å². The zero-order valence-electron chi connectivity index (χ0n) is 18.6. The van der Waals surface area contributed by atoms with E-state index in [1.165, 1.54) is 41.1 Å². The van der Waals surface area contributed by atoms with Crippen molar-refractivity contribution in [1.82, 2.24) is 9.88 Å². The summed E-state index contributed by atoms with van der Waals surface area (Å²) in [6.07, 6.45) is 1.65. The number of aromatic nitrogens is 1. The number of amides is 3. The minimum atomic E-state index is -0.513. The standard InChI is InChI=1S/C27H20FN3O3S/c28-18-6-8-19(9-7-18)31-26(33)20-10-5-17(15-21(20)27(31)34)25(32)30-13-11-16(12-14-30)24-29-22-3-1-2-4-23(22)35-24/h1-10,15-16H,11-14H2. The molecule has 35 heavy (non-hydrogen) atoms. The number of carbonyl (C=O) groups excluding carboxylic acids is 3. The molecule has 6 nitrogen and oxygen atoms in total. The smallest absolute Gasteiger partial charge is 0.266 e. The molecule has 0 aliphatic carbocycles. The third-order valence-corrected chi connectivity index (χ3v) is 7.86. The quantitative estimate of drug-likeness (QED) is 0.372. The molecule has 0 bridgehead atoms. The SMILES string of the molecule is O=C(c1ccc2c(c1)C(=O)N(c1ccc(F)cc1)C2=O)N1CCC(c2nc3ccccc3s2)CC1. The Hall–Kier alpha value is -3.91. The summed E-state index contributed by atoms with van der Waals surface area (Å²) in [6, 6.07) is 17.9. The Morgan fingerprint density at radius 3 is 2.37 bits per heavy atom. The number of imide groups is 1. The maximum Gasteiger partial charge on any atom is 0.266 e. The predicted octanol–water partition coefficient (Wildman–Crippen LogP) is 5.26. The molecule has 0 N–H and O–H groups in total. The van der Waals surface area contributed by atoms with Crippen molar-refractivity contribution in [1.29, 1.82) is 0 Å². The lowest BCUT2D eigenvalue weighted by Gasteiger charge is -2.31. The summed E-state index contributed by atoms with van der Waals surface area (Å²) in [4.78, 5) is 46.6. The van der Waals surface area contributed by atoms with Gasteiger partial charge in [0.05, 0.1) is 32.0 Å². The minimum absolute atomic E-state index is 0.156. The van der Waals surface area contributed by atoms with Gasteiger partial charge in [0.15, 0.2) is 0 Å². The van der Waals surface area contributed by atoms with E-state index < -0.39 is 17.6 Å². The first-order valence-corrected chi connectivity index (χ1v) is 12.2. The summed E-state index contributed by atoms with van der Waals surface area (Å²) in [6.45, 7) is 1.20. The van der Waals surface area contributed by atoms with Crippen LogP contribution in [0.15, 0.2) is 66.7 Å². The number of hydrogen-bond donors (Lipinski definition) is 0. The summed E-state index contributed by atoms with van der Waals surface area (Å²) in [5, 5.41) is 1.11. The van der Waals surface area contributed by atoms with Gasteiger partial charge in [0, 0.05) is 24.6 Å². The Morgan fingerprint density at radius 1 is 0.914 bits per heavy atom. The van der Waals surface area contributed by atoms with Crippen LogP contribution in [0.25, 0.3) is 10.2 Å². The Labute approximate surface area is 204 Å². The monoisotopic (exact) mass is 485 g/mol. The second kappa shape index (κ2) is 8.39. The Balaban J connectivity index is 1.18. The number of carbonyl (C=O) groups is 3. The fourth-order valence-electron chi connectivity index (χ4n) is 4.78. The molecular weight excluding hydrogens is 465 g/mol. The zero-order chi connectivity index (χ0) is 24.1. The molecule has 4 aromatic rings. The number of hydrogen-bond acceptors (Lipinski definition) is 5. The molecule has 3 amide bonds. The first kappa shape index (κ1) is 21.6. The molecule has 1 aromatic heterocycles. The lowest BCUT2D eigenvalue weighted by molar-refractivity contribution is 0.0712. The molecule has 1 saturated heterocycles. The molecule has 1 fully saturated rings. The van der Waals surface area contributed by atoms with Gasteiger partial charge in [-0.25, -0.2) is 14.3 Å². The molecule has 0 atom stereocenters. The van der Waals surface area contributed by atoms with E-state index in [2.05, 4.69) is 6.07 Å². The van der Waals surface area contributed by atoms with Crippen LogP contribution in [0.1, 0.15) is 54.8 Å². The maximum atomic E-state index is 13.3. The lowest BCUT2D eigenvalue weighted by Crippen LogP contribution is -2.38. The summed E-state index contributed by atoms with van der Waals surface area (Å²) in [5.74, 6) is -1.28. The van der Waals surface area contributed by atoms with E-state index in [1.807, 2.05) is 18.2 Å². The van der Waals surface area contributed by atoms with E-state index >= 15 is 0 Å². The van der Waals surface area contributed by atoms with Crippen molar-refractivity contribution < 1.29 is 18.8 Å². The number of benzene rings is 3. The molecule has 2 aliphatic rings. The van der Waals surface area contributed by atoms with Crippen LogP contribution in [-0.2, 0) is 0 Å². The van der Waals surface area contributed by atoms with Gasteiger partial charge in [-0.2, -0.15) is 0 Å². The first-order chi connectivity index (χ1) is 17.0. The van der Waals surface area contributed by atoms with Crippen LogP contribution < -0.4 is 4.90 Å². The van der Waals surface area contributed by atoms with Gasteiger partial charge in [-0.3, -0.25) is 14.4 Å². The van der Waals surface area contributed by atoms with Crippen molar-refractivity contribution >= 4 is 45.0 Å². The number of fused-ring (bicyclic) bond motifs is 2. The molecule has 3 heterocycles. The van der Waals surface area contributed by atoms with Crippen LogP contribution in [0.5, 0.6) is 0 Å². The van der Waals surface area contributed by atoms with Crippen molar-refractivity contribution in [2.45, 2.75) is 18.8 Å². The van der Waals surface area contributed by atoms with E-state index in [1.54, 1.807) is 22.3 Å². The van der Waals surface area contributed by atoms with Gasteiger partial charge < -0.3 is 4.90 Å². The molecule has 3 aromatic carbocycles. The molecule has 6 rings (SSSR count). The number of nitrogens with zero attached hydrogens (tertiary/aromatic N) is 3. The number of para-hydroxylation sites is 1. The second-order valence-electron chi connectivity index (χ2n) is 8.77. The van der Waals surface area contributed by atoms with Gasteiger partial charge in [0.1, 0.15) is 5.82 Å². The van der Waals surface area contributed by atoms with Crippen LogP contribution in [0.3, 0.4) is 0 Å². The highest BCUT2D eigenvalue weighted by molar-refractivity contribution is 7.18. The molecule has 0 radical (unpaired) electrons. The zero-order valence-corrected chi connectivity index (χ0v) is 19.4. The summed E-state index contributed by atoms with van der Waals surface area (Å²) in [7, 11) is 0. The van der Waals surface area contributed by atoms with Gasteiger partial charge in [0.25, 0.3) is 17.7 Å². The molecule has 0 spiro atoms. The van der Waals surface area contributed by atoms with Crippen molar-refractivity contribution in [3.63, 3.8) is 0 Å². The van der Waals surface area contributed by atoms with Gasteiger partial charge in [-0.1, -0.05) is 12.1 Å². The average Bonchev–Trinajstić information content (AvgIpc) is 3.43. The normalized spacial score (nSPS) is 16.3. The van der Waals surface area contributed by atoms with Crippen molar-refractivity contribution in [2.75, 3.05) is 18.0 Å². The number of piperidine rings is 1. The number of halogens is 1. The second-order valence-corrected chi connectivity index (χ2v) is 9.83. The number of thiazole rings is 1. The van der Waals surface area contributed by atoms with Crippen LogP contribution in [0.2, 0.25) is 0 Å². The van der Waals surface area contributed by atoms with E-state index in [4.69, 9.17) is 4.98 Å². The molecule has 0 unspecified atom stereocenters. The number of rotatable bonds is 3. The third kappa shape index (κ3) is 3.70. The third-order valence-electron chi connectivity index (χ3n) is 6.66. The van der Waals surface area contributed by atoms with Crippen LogP contribution >= 0.6 is 11.3 Å². The van der Waals surface area contributed by atoms with E-state index in [0.29, 0.717) is 30.3 Å². The van der Waals surface area contributed by atoms with Crippen molar-refractivity contribution in [2.24, 2.45) is 0 Å². The van der Waals surface area contributed by atoms with Crippen molar-refractivity contribution in [3.8, 4) is 0 Å². The topological polar surface area (TPSA) is 70.6 Å². The average molecular weight is 486 g/mol. The predicted molar refractivity (Wildman–Crippen MR) is 131 cm³/mol. The number of likely N-dealkylation sites (tertiary alicyclic amines) is 1. The highest BCUT2D eigenvalue weighted by Gasteiger charge is 2.37. The van der Waals surface area contributed by atoms with Crippen LogP contribution in [0, 0.1) is 5.82 Å². The molecule has 2 aliphatic heterocycles. The Morgan fingerprint density at radius 2 is 1.63 bits per heavy atom. The molecule has 8 heteroatoms. The molecular formula is C27H20FN3O3S. The van der Waals surface area contributed by atoms with E-state index in [9.17, 15) is 18.8 Å². The Bertz CT molecular complexity index is 1460. The van der Waals surface area contributed by atoms with E-state index in [0.717, 1.165) is 28.3 Å². The lowest BCUT2D eigenvalue weighted by atomic mass is 9.96. The largest absolute Gasteiger partial charge is 0.339 e. The summed E-state index contributed by atoms with van der Waals surface area (Å²) >= 11 is 1.71. The first-order valence-electron chi connectivity index (χ1n) is 11.4. The summed E-state index contributed by atoms with van der Waals surface area (Å²) in [5.41, 5.74) is 2.12. The van der Waals surface area contributed by atoms with Gasteiger partial charge in [0.2, 0.25) is 0 Å². The maximum absolute atomic E-state index is 13.3. The highest BCUT2D eigenvalue weighted by atomic mass is 32.1. The van der Waals surface area contributed by atoms with Gasteiger partial charge in [-0.15, -0.1) is 11.3 Å². The van der Waals surface area contributed by atoms with Gasteiger partial charge >= 0.3 is 0 Å². The minimum Gasteiger partial charge on any atom is -0.339 e. The highest BCUT2D eigenvalue weighted by Crippen LogP contribution is 2.35. The summed E-state index contributed by atoms with van der Waals surface area (Å²) < 4.78 is 14.5. The Kier molecular flexibility index (Phi) is 5.18. The van der Waals surface area contributed by atoms with Crippen LogP contribution in [0.4, 0.5) is 10.1 Å². The van der Waals surface area contributed by atoms with Gasteiger partial charge in [-0.05, 0) is 67.4 Å². The fraction of sp³-hybridized carbons (Fsp3) is 0.185. The van der Waals surface area contributed by atoms with Crippen molar-refractivity contribution in [3.05, 3.63) is 94.2 Å². The van der Waals surface area contributed by atoms with E-state index in [-0.39, 0.29) is 17.0 Å².